The fourth-order valence-corrected chi connectivity index (χ4v) is 1.18. The van der Waals surface area contributed by atoms with Crippen molar-refractivity contribution in [3.8, 4) is 17.0 Å². The number of rotatable bonds is 3. The number of ether oxygens (including phenoxy) is 1. The Balaban J connectivity index is 2.22. The van der Waals surface area contributed by atoms with E-state index in [0.717, 1.165) is 17.0 Å². The fourth-order valence-electron chi connectivity index (χ4n) is 1.18. The van der Waals surface area contributed by atoms with Crippen LogP contribution in [0.2, 0.25) is 0 Å². The number of benzene rings is 1. The number of hydrogen-bond donors (Lipinski definition) is 0. The quantitative estimate of drug-likeness (QED) is 0.743. The highest BCUT2D eigenvalue weighted by molar-refractivity contribution is 5.58. The van der Waals surface area contributed by atoms with Gasteiger partial charge in [0.25, 0.3) is 0 Å². The lowest BCUT2D eigenvalue weighted by molar-refractivity contribution is 0.340. The van der Waals surface area contributed by atoms with Crippen molar-refractivity contribution in [2.45, 2.75) is 6.92 Å². The van der Waals surface area contributed by atoms with Crippen LogP contribution in [-0.4, -0.2) is 17.0 Å². The largest absolute Gasteiger partial charge is 0.494 e. The molecule has 4 nitrogen and oxygen atoms in total. The first-order chi connectivity index (χ1) is 6.90. The van der Waals surface area contributed by atoms with Crippen LogP contribution in [0.1, 0.15) is 6.92 Å². The average molecular weight is 190 g/mol. The van der Waals surface area contributed by atoms with Gasteiger partial charge in [0.05, 0.1) is 6.61 Å². The Morgan fingerprint density at radius 3 is 2.64 bits per heavy atom. The van der Waals surface area contributed by atoms with E-state index in [2.05, 4.69) is 14.9 Å². The van der Waals surface area contributed by atoms with Crippen molar-refractivity contribution in [3.63, 3.8) is 0 Å². The van der Waals surface area contributed by atoms with Crippen LogP contribution in [0.15, 0.2) is 35.1 Å². The third-order valence-electron chi connectivity index (χ3n) is 1.82. The number of hydrogen-bond acceptors (Lipinski definition) is 4. The number of aromatic nitrogens is 2. The predicted octanol–water partition coefficient (Wildman–Crippen LogP) is 2.14. The lowest BCUT2D eigenvalue weighted by atomic mass is 10.2. The van der Waals surface area contributed by atoms with Crippen LogP contribution >= 0.6 is 0 Å². The molecule has 0 radical (unpaired) electrons. The monoisotopic (exact) mass is 190 g/mol. The Morgan fingerprint density at radius 2 is 2.07 bits per heavy atom. The zero-order valence-electron chi connectivity index (χ0n) is 7.80. The second-order valence-corrected chi connectivity index (χ2v) is 2.75. The second kappa shape index (κ2) is 3.91. The lowest BCUT2D eigenvalue weighted by Gasteiger charge is -2.02. The highest BCUT2D eigenvalue weighted by atomic mass is 16.5. The molecule has 1 aromatic carbocycles. The molecule has 2 aromatic rings. The summed E-state index contributed by atoms with van der Waals surface area (Å²) in [4.78, 5) is 0. The van der Waals surface area contributed by atoms with E-state index >= 15 is 0 Å². The summed E-state index contributed by atoms with van der Waals surface area (Å²) in [5.41, 5.74) is 1.70. The van der Waals surface area contributed by atoms with Crippen molar-refractivity contribution in [2.24, 2.45) is 0 Å². The van der Waals surface area contributed by atoms with E-state index in [-0.39, 0.29) is 0 Å². The molecule has 4 heteroatoms. The molecule has 0 saturated carbocycles. The van der Waals surface area contributed by atoms with E-state index in [1.165, 1.54) is 6.26 Å². The summed E-state index contributed by atoms with van der Waals surface area (Å²) in [5.74, 6) is 0.854. The van der Waals surface area contributed by atoms with Gasteiger partial charge in [-0.3, -0.25) is 0 Å². The Hall–Kier alpha value is -1.84. The third kappa shape index (κ3) is 1.74. The Labute approximate surface area is 81.5 Å². The van der Waals surface area contributed by atoms with Crippen molar-refractivity contribution in [1.29, 1.82) is 0 Å². The molecular weight excluding hydrogens is 180 g/mol. The maximum Gasteiger partial charge on any atom is 0.152 e. The molecule has 0 spiro atoms. The fraction of sp³-hybridized carbons (Fsp3) is 0.200. The van der Waals surface area contributed by atoms with E-state index in [0.29, 0.717) is 6.61 Å². The van der Waals surface area contributed by atoms with Crippen LogP contribution in [0.5, 0.6) is 5.75 Å². The molecule has 0 aliphatic heterocycles. The van der Waals surface area contributed by atoms with Gasteiger partial charge < -0.3 is 9.26 Å². The van der Waals surface area contributed by atoms with Crippen molar-refractivity contribution < 1.29 is 9.26 Å². The zero-order chi connectivity index (χ0) is 9.80. The highest BCUT2D eigenvalue weighted by Crippen LogP contribution is 2.19. The Bertz CT molecular complexity index is 381. The minimum Gasteiger partial charge on any atom is -0.494 e. The molecule has 0 bridgehead atoms. The third-order valence-corrected chi connectivity index (χ3v) is 1.82. The van der Waals surface area contributed by atoms with Gasteiger partial charge in [0.1, 0.15) is 11.4 Å². The normalized spacial score (nSPS) is 10.1. The highest BCUT2D eigenvalue weighted by Gasteiger charge is 2.01. The van der Waals surface area contributed by atoms with Gasteiger partial charge in [0.2, 0.25) is 0 Å². The maximum atomic E-state index is 5.32. The van der Waals surface area contributed by atoms with Gasteiger partial charge >= 0.3 is 0 Å². The molecule has 2 rings (SSSR count). The molecule has 1 heterocycles. The van der Waals surface area contributed by atoms with Crippen LogP contribution in [-0.2, 0) is 0 Å². The molecule has 0 amide bonds. The standard InChI is InChI=1S/C10H10N2O2/c1-2-13-9-5-3-8(4-6-9)10-7-14-12-11-10/h3-7H,2H2,1H3. The molecule has 1 aromatic heterocycles. The second-order valence-electron chi connectivity index (χ2n) is 2.75. The minimum absolute atomic E-state index is 0.671. The van der Waals surface area contributed by atoms with E-state index in [9.17, 15) is 0 Å². The summed E-state index contributed by atoms with van der Waals surface area (Å²) in [6, 6.07) is 7.64. The first kappa shape index (κ1) is 8.74. The summed E-state index contributed by atoms with van der Waals surface area (Å²) < 4.78 is 9.97. The van der Waals surface area contributed by atoms with Gasteiger partial charge in [0, 0.05) is 10.8 Å². The lowest BCUT2D eigenvalue weighted by Crippen LogP contribution is -1.90. The van der Waals surface area contributed by atoms with E-state index in [4.69, 9.17) is 4.74 Å². The zero-order valence-corrected chi connectivity index (χ0v) is 7.80. The Kier molecular flexibility index (Phi) is 2.44. The molecule has 0 saturated heterocycles. The van der Waals surface area contributed by atoms with E-state index in [1.54, 1.807) is 0 Å². The van der Waals surface area contributed by atoms with E-state index < -0.39 is 0 Å². The summed E-state index contributed by atoms with van der Waals surface area (Å²) in [5, 5.41) is 7.21. The minimum atomic E-state index is 0.671. The molecule has 0 fully saturated rings. The average Bonchev–Trinajstić information content (AvgIpc) is 2.72. The predicted molar refractivity (Wildman–Crippen MR) is 50.9 cm³/mol. The molecule has 0 unspecified atom stereocenters. The first-order valence-electron chi connectivity index (χ1n) is 4.40. The van der Waals surface area contributed by atoms with Gasteiger partial charge in [-0.15, -0.1) is 5.10 Å². The molecule has 14 heavy (non-hydrogen) atoms. The maximum absolute atomic E-state index is 5.32. The van der Waals surface area contributed by atoms with Crippen molar-refractivity contribution in [2.75, 3.05) is 6.61 Å². The van der Waals surface area contributed by atoms with Gasteiger partial charge in [-0.25, -0.2) is 0 Å². The van der Waals surface area contributed by atoms with Crippen molar-refractivity contribution in [1.82, 2.24) is 10.4 Å². The van der Waals surface area contributed by atoms with Crippen LogP contribution in [0.25, 0.3) is 11.3 Å². The molecular formula is C10H10N2O2. The molecule has 0 aliphatic rings. The van der Waals surface area contributed by atoms with Gasteiger partial charge in [-0.05, 0) is 31.2 Å². The van der Waals surface area contributed by atoms with Gasteiger partial charge in [0.15, 0.2) is 6.26 Å². The van der Waals surface area contributed by atoms with Crippen LogP contribution < -0.4 is 4.74 Å². The Morgan fingerprint density at radius 1 is 1.29 bits per heavy atom. The summed E-state index contributed by atoms with van der Waals surface area (Å²) in [6.07, 6.45) is 1.51. The van der Waals surface area contributed by atoms with Gasteiger partial charge in [-0.1, -0.05) is 0 Å². The molecule has 0 aliphatic carbocycles. The summed E-state index contributed by atoms with van der Waals surface area (Å²) >= 11 is 0. The van der Waals surface area contributed by atoms with Crippen molar-refractivity contribution in [3.05, 3.63) is 30.5 Å². The first-order valence-corrected chi connectivity index (χ1v) is 4.40. The molecule has 0 atom stereocenters. The van der Waals surface area contributed by atoms with Crippen LogP contribution in [0.4, 0.5) is 0 Å². The SMILES string of the molecule is CCOc1ccc(-c2conn2)cc1. The topological polar surface area (TPSA) is 48.2 Å². The van der Waals surface area contributed by atoms with E-state index in [1.807, 2.05) is 31.2 Å². The van der Waals surface area contributed by atoms with Crippen LogP contribution in [0.3, 0.4) is 0 Å². The number of nitrogens with zero attached hydrogens (tertiary/aromatic N) is 2. The molecule has 72 valence electrons. The summed E-state index contributed by atoms with van der Waals surface area (Å²) in [6.45, 7) is 2.63. The van der Waals surface area contributed by atoms with Gasteiger partial charge in [-0.2, -0.15) is 0 Å². The summed E-state index contributed by atoms with van der Waals surface area (Å²) in [7, 11) is 0. The van der Waals surface area contributed by atoms with Crippen molar-refractivity contribution >= 4 is 0 Å². The molecule has 0 N–H and O–H groups in total. The van der Waals surface area contributed by atoms with Crippen LogP contribution in [0, 0.1) is 0 Å². The smallest absolute Gasteiger partial charge is 0.152 e.